The predicted octanol–water partition coefficient (Wildman–Crippen LogP) is 3.30. The van der Waals surface area contributed by atoms with Gasteiger partial charge in [-0.2, -0.15) is 0 Å². The van der Waals surface area contributed by atoms with Crippen LogP contribution in [0.4, 0.5) is 0 Å². The smallest absolute Gasteiger partial charge is 0.140 e. The zero-order valence-electron chi connectivity index (χ0n) is 9.47. The summed E-state index contributed by atoms with van der Waals surface area (Å²) in [5.74, 6) is 0.526. The summed E-state index contributed by atoms with van der Waals surface area (Å²) < 4.78 is 0. The molecule has 0 saturated heterocycles. The van der Waals surface area contributed by atoms with Crippen molar-refractivity contribution in [2.45, 2.75) is 6.10 Å². The molecule has 3 aromatic rings. The number of aromatic amines is 1. The highest BCUT2D eigenvalue weighted by Gasteiger charge is 2.14. The zero-order valence-corrected chi connectivity index (χ0v) is 10.2. The first-order valence-corrected chi connectivity index (χ1v) is 6.00. The highest BCUT2D eigenvalue weighted by molar-refractivity contribution is 6.31. The molecule has 0 aliphatic heterocycles. The van der Waals surface area contributed by atoms with Crippen molar-refractivity contribution in [3.63, 3.8) is 0 Å². The van der Waals surface area contributed by atoms with E-state index in [-0.39, 0.29) is 0 Å². The van der Waals surface area contributed by atoms with Crippen molar-refractivity contribution in [2.75, 3.05) is 0 Å². The molecule has 1 atom stereocenters. The van der Waals surface area contributed by atoms with Crippen LogP contribution >= 0.6 is 11.6 Å². The minimum absolute atomic E-state index is 0.526. The Hall–Kier alpha value is -1.84. The molecule has 0 aliphatic rings. The van der Waals surface area contributed by atoms with Gasteiger partial charge in [0.1, 0.15) is 11.9 Å². The number of nitrogens with zero attached hydrogens (tertiary/aromatic N) is 1. The Labute approximate surface area is 109 Å². The zero-order chi connectivity index (χ0) is 12.5. The van der Waals surface area contributed by atoms with Gasteiger partial charge < -0.3 is 10.1 Å². The van der Waals surface area contributed by atoms with E-state index in [1.165, 1.54) is 0 Å². The second-order valence-electron chi connectivity index (χ2n) is 4.10. The van der Waals surface area contributed by atoms with E-state index < -0.39 is 6.10 Å². The van der Waals surface area contributed by atoms with Crippen molar-refractivity contribution in [1.29, 1.82) is 0 Å². The summed E-state index contributed by atoms with van der Waals surface area (Å²) in [6.07, 6.45) is -0.752. The maximum atomic E-state index is 10.2. The molecule has 2 aromatic carbocycles. The van der Waals surface area contributed by atoms with E-state index in [9.17, 15) is 5.11 Å². The van der Waals surface area contributed by atoms with Crippen LogP contribution in [-0.4, -0.2) is 15.1 Å². The Kier molecular flexibility index (Phi) is 2.78. The van der Waals surface area contributed by atoms with Gasteiger partial charge in [-0.3, -0.25) is 0 Å². The van der Waals surface area contributed by atoms with E-state index in [4.69, 9.17) is 11.6 Å². The van der Waals surface area contributed by atoms with Crippen LogP contribution in [0, 0.1) is 0 Å². The number of aromatic nitrogens is 2. The molecule has 2 N–H and O–H groups in total. The average molecular weight is 259 g/mol. The fourth-order valence-electron chi connectivity index (χ4n) is 1.92. The molecule has 3 rings (SSSR count). The molecule has 18 heavy (non-hydrogen) atoms. The van der Waals surface area contributed by atoms with E-state index in [0.29, 0.717) is 10.8 Å². The molecule has 0 amide bonds. The molecule has 0 fully saturated rings. The fraction of sp³-hybridized carbons (Fsp3) is 0.0714. The van der Waals surface area contributed by atoms with Gasteiger partial charge in [-0.1, -0.05) is 41.9 Å². The number of benzene rings is 2. The number of aliphatic hydroxyl groups is 1. The Morgan fingerprint density at radius 3 is 2.67 bits per heavy atom. The minimum atomic E-state index is -0.752. The molecule has 90 valence electrons. The number of hydrogen-bond acceptors (Lipinski definition) is 2. The predicted molar refractivity (Wildman–Crippen MR) is 71.6 cm³/mol. The van der Waals surface area contributed by atoms with Crippen LogP contribution in [-0.2, 0) is 0 Å². The van der Waals surface area contributed by atoms with Gasteiger partial charge in [-0.25, -0.2) is 4.98 Å². The van der Waals surface area contributed by atoms with Crippen molar-refractivity contribution in [3.05, 3.63) is 64.9 Å². The number of nitrogens with one attached hydrogen (secondary N) is 1. The quantitative estimate of drug-likeness (QED) is 0.741. The van der Waals surface area contributed by atoms with Crippen molar-refractivity contribution in [2.24, 2.45) is 0 Å². The molecule has 3 nitrogen and oxygen atoms in total. The summed E-state index contributed by atoms with van der Waals surface area (Å²) in [5, 5.41) is 10.9. The topological polar surface area (TPSA) is 48.9 Å². The van der Waals surface area contributed by atoms with Gasteiger partial charge in [0, 0.05) is 5.02 Å². The normalized spacial score (nSPS) is 12.8. The summed E-state index contributed by atoms with van der Waals surface area (Å²) in [5.41, 5.74) is 2.43. The maximum absolute atomic E-state index is 10.2. The van der Waals surface area contributed by atoms with Gasteiger partial charge in [0.15, 0.2) is 0 Å². The summed E-state index contributed by atoms with van der Waals surface area (Å²) >= 11 is 5.91. The number of fused-ring (bicyclic) bond motifs is 1. The van der Waals surface area contributed by atoms with Gasteiger partial charge in [0.05, 0.1) is 11.0 Å². The molecule has 0 bridgehead atoms. The highest BCUT2D eigenvalue weighted by atomic mass is 35.5. The van der Waals surface area contributed by atoms with E-state index in [1.807, 2.05) is 36.4 Å². The number of hydrogen-bond donors (Lipinski definition) is 2. The molecular weight excluding hydrogens is 248 g/mol. The largest absolute Gasteiger partial charge is 0.380 e. The average Bonchev–Trinajstić information content (AvgIpc) is 2.81. The molecule has 1 aromatic heterocycles. The van der Waals surface area contributed by atoms with E-state index in [2.05, 4.69) is 9.97 Å². The monoisotopic (exact) mass is 258 g/mol. The third-order valence-corrected chi connectivity index (χ3v) is 3.07. The highest BCUT2D eigenvalue weighted by Crippen LogP contribution is 2.23. The lowest BCUT2D eigenvalue weighted by Crippen LogP contribution is -2.01. The summed E-state index contributed by atoms with van der Waals surface area (Å²) in [7, 11) is 0. The van der Waals surface area contributed by atoms with Crippen molar-refractivity contribution < 1.29 is 5.11 Å². The number of aliphatic hydroxyl groups excluding tert-OH is 1. The summed E-state index contributed by atoms with van der Waals surface area (Å²) in [6, 6.07) is 14.8. The van der Waals surface area contributed by atoms with Crippen molar-refractivity contribution in [3.8, 4) is 0 Å². The molecular formula is C14H11ClN2O. The Morgan fingerprint density at radius 1 is 1.11 bits per heavy atom. The van der Waals surface area contributed by atoms with Gasteiger partial charge in [-0.15, -0.1) is 0 Å². The first-order chi connectivity index (χ1) is 8.74. The van der Waals surface area contributed by atoms with Crippen LogP contribution in [0.25, 0.3) is 11.0 Å². The minimum Gasteiger partial charge on any atom is -0.380 e. The SMILES string of the molecule is O[C@H](c1ccccc1)c1nc2ccc(Cl)cc2[nH]1. The van der Waals surface area contributed by atoms with Crippen LogP contribution in [0.1, 0.15) is 17.5 Å². The van der Waals surface area contributed by atoms with Crippen molar-refractivity contribution in [1.82, 2.24) is 9.97 Å². The molecule has 0 radical (unpaired) electrons. The Balaban J connectivity index is 2.04. The van der Waals surface area contributed by atoms with Gasteiger partial charge in [0.2, 0.25) is 0 Å². The van der Waals surface area contributed by atoms with Crippen LogP contribution in [0.15, 0.2) is 48.5 Å². The number of halogens is 1. The lowest BCUT2D eigenvalue weighted by molar-refractivity contribution is 0.211. The Bertz CT molecular complexity index is 679. The standard InChI is InChI=1S/C14H11ClN2O/c15-10-6-7-11-12(8-10)17-14(16-11)13(18)9-4-2-1-3-5-9/h1-8,13,18H,(H,16,17)/t13-/m1/s1. The number of imidazole rings is 1. The van der Waals surface area contributed by atoms with Gasteiger partial charge in [0.25, 0.3) is 0 Å². The third-order valence-electron chi connectivity index (χ3n) is 2.84. The fourth-order valence-corrected chi connectivity index (χ4v) is 2.10. The number of rotatable bonds is 2. The van der Waals surface area contributed by atoms with E-state index >= 15 is 0 Å². The molecule has 0 saturated carbocycles. The second-order valence-corrected chi connectivity index (χ2v) is 4.53. The van der Waals surface area contributed by atoms with Crippen molar-refractivity contribution >= 4 is 22.6 Å². The molecule has 1 heterocycles. The Morgan fingerprint density at radius 2 is 1.89 bits per heavy atom. The van der Waals surface area contributed by atoms with E-state index in [0.717, 1.165) is 16.6 Å². The lowest BCUT2D eigenvalue weighted by Gasteiger charge is -2.06. The third kappa shape index (κ3) is 1.98. The van der Waals surface area contributed by atoms with Crippen LogP contribution in [0.3, 0.4) is 0 Å². The van der Waals surface area contributed by atoms with E-state index in [1.54, 1.807) is 12.1 Å². The first-order valence-electron chi connectivity index (χ1n) is 5.62. The van der Waals surface area contributed by atoms with Crippen LogP contribution in [0.5, 0.6) is 0 Å². The lowest BCUT2D eigenvalue weighted by atomic mass is 10.1. The van der Waals surface area contributed by atoms with Crippen LogP contribution in [0.2, 0.25) is 5.02 Å². The first kappa shape index (κ1) is 11.3. The second kappa shape index (κ2) is 4.44. The maximum Gasteiger partial charge on any atom is 0.140 e. The summed E-state index contributed by atoms with van der Waals surface area (Å²) in [6.45, 7) is 0. The molecule has 0 unspecified atom stereocenters. The van der Waals surface area contributed by atoms with Crippen LogP contribution < -0.4 is 0 Å². The van der Waals surface area contributed by atoms with Gasteiger partial charge >= 0.3 is 0 Å². The summed E-state index contributed by atoms with van der Waals surface area (Å²) in [4.78, 5) is 7.46. The molecule has 4 heteroatoms. The number of H-pyrrole nitrogens is 1. The molecule has 0 aliphatic carbocycles. The van der Waals surface area contributed by atoms with Gasteiger partial charge in [-0.05, 0) is 23.8 Å². The molecule has 0 spiro atoms.